The molecular formula is C19H31N7O7. The number of nitrogens with two attached hydrogens (primary N) is 2. The number of nitrogens with zero attached hydrogens (tertiary/aromatic N) is 1. The van der Waals surface area contributed by atoms with E-state index in [4.69, 9.17) is 11.5 Å². The van der Waals surface area contributed by atoms with Crippen LogP contribution in [0.1, 0.15) is 32.4 Å². The summed E-state index contributed by atoms with van der Waals surface area (Å²) in [4.78, 5) is 66.3. The number of aliphatic carboxylic acids is 1. The van der Waals surface area contributed by atoms with Crippen molar-refractivity contribution >= 4 is 29.6 Å². The maximum atomic E-state index is 12.7. The zero-order valence-electron chi connectivity index (χ0n) is 18.4. The minimum atomic E-state index is -1.42. The summed E-state index contributed by atoms with van der Waals surface area (Å²) in [5.41, 5.74) is 11.1. The van der Waals surface area contributed by atoms with Gasteiger partial charge in [-0.1, -0.05) is 13.8 Å². The van der Waals surface area contributed by atoms with E-state index in [1.807, 2.05) is 0 Å². The van der Waals surface area contributed by atoms with Crippen molar-refractivity contribution < 1.29 is 34.2 Å². The number of rotatable bonds is 14. The first-order valence-corrected chi connectivity index (χ1v) is 10.2. The Kier molecular flexibility index (Phi) is 10.9. The molecule has 4 amide bonds. The highest BCUT2D eigenvalue weighted by atomic mass is 16.4. The monoisotopic (exact) mass is 469 g/mol. The van der Waals surface area contributed by atoms with E-state index in [1.54, 1.807) is 13.8 Å². The Morgan fingerprint density at radius 1 is 1.06 bits per heavy atom. The van der Waals surface area contributed by atoms with Crippen LogP contribution in [-0.2, 0) is 30.4 Å². The largest absolute Gasteiger partial charge is 0.480 e. The van der Waals surface area contributed by atoms with Crippen molar-refractivity contribution in [2.45, 2.75) is 57.3 Å². The summed E-state index contributed by atoms with van der Waals surface area (Å²) in [5, 5.41) is 26.0. The third kappa shape index (κ3) is 9.24. The van der Waals surface area contributed by atoms with Crippen LogP contribution in [0.25, 0.3) is 0 Å². The molecule has 0 aliphatic carbocycles. The third-order valence-electron chi connectivity index (χ3n) is 4.69. The van der Waals surface area contributed by atoms with Crippen LogP contribution in [0.3, 0.4) is 0 Å². The zero-order chi connectivity index (χ0) is 25.1. The standard InChI is InChI=1S/C19H31N7O7/c1-9(2)15(18(31)24-12(19(32)33)5-10-6-22-8-23-10)26-17(30)13(7-27)25-16(29)11(20)3-4-14(21)28/h6,8-9,11-13,15,27H,3-5,7,20H2,1-2H3,(H2,21,28)(H,22,23)(H,24,31)(H,25,29)(H,26,30)(H,32,33). The molecule has 0 bridgehead atoms. The van der Waals surface area contributed by atoms with Crippen molar-refractivity contribution in [2.75, 3.05) is 6.61 Å². The number of aromatic amines is 1. The normalized spacial score (nSPS) is 14.6. The Bertz CT molecular complexity index is 828. The van der Waals surface area contributed by atoms with Gasteiger partial charge in [-0.3, -0.25) is 19.2 Å². The number of primary amides is 1. The molecule has 14 nitrogen and oxygen atoms in total. The lowest BCUT2D eigenvalue weighted by Crippen LogP contribution is -2.59. The molecule has 1 heterocycles. The molecular weight excluding hydrogens is 438 g/mol. The van der Waals surface area contributed by atoms with Gasteiger partial charge in [0.15, 0.2) is 0 Å². The Morgan fingerprint density at radius 3 is 2.18 bits per heavy atom. The molecule has 184 valence electrons. The Morgan fingerprint density at radius 2 is 1.70 bits per heavy atom. The van der Waals surface area contributed by atoms with E-state index >= 15 is 0 Å². The van der Waals surface area contributed by atoms with Gasteiger partial charge in [-0.2, -0.15) is 0 Å². The SMILES string of the molecule is CC(C)C(NC(=O)C(CO)NC(=O)C(N)CCC(N)=O)C(=O)NC(Cc1cnc[nH]1)C(=O)O. The smallest absolute Gasteiger partial charge is 0.326 e. The lowest BCUT2D eigenvalue weighted by atomic mass is 10.0. The molecule has 0 aliphatic heterocycles. The fourth-order valence-corrected chi connectivity index (χ4v) is 2.77. The average molecular weight is 469 g/mol. The highest BCUT2D eigenvalue weighted by Gasteiger charge is 2.32. The number of aromatic nitrogens is 2. The molecule has 4 unspecified atom stereocenters. The number of aliphatic hydroxyl groups is 1. The molecule has 1 aromatic heterocycles. The van der Waals surface area contributed by atoms with E-state index in [0.29, 0.717) is 5.69 Å². The van der Waals surface area contributed by atoms with Gasteiger partial charge >= 0.3 is 5.97 Å². The molecule has 0 saturated heterocycles. The second-order valence-corrected chi connectivity index (χ2v) is 7.77. The van der Waals surface area contributed by atoms with Gasteiger partial charge in [0, 0.05) is 24.7 Å². The molecule has 4 atom stereocenters. The first-order valence-electron chi connectivity index (χ1n) is 10.2. The summed E-state index contributed by atoms with van der Waals surface area (Å²) in [6, 6.07) is -5.00. The number of nitrogens with one attached hydrogen (secondary N) is 4. The summed E-state index contributed by atoms with van der Waals surface area (Å²) in [7, 11) is 0. The number of hydrogen-bond donors (Lipinski definition) is 8. The fraction of sp³-hybridized carbons (Fsp3) is 0.579. The number of carboxylic acids is 1. The Hall–Kier alpha value is -3.52. The highest BCUT2D eigenvalue weighted by molar-refractivity contribution is 5.94. The van der Waals surface area contributed by atoms with Gasteiger partial charge in [0.1, 0.15) is 18.1 Å². The first kappa shape index (κ1) is 27.5. The first-order chi connectivity index (χ1) is 15.5. The number of aliphatic hydroxyl groups excluding tert-OH is 1. The maximum Gasteiger partial charge on any atom is 0.326 e. The van der Waals surface area contributed by atoms with Crippen LogP contribution in [0.2, 0.25) is 0 Å². The molecule has 0 fully saturated rings. The summed E-state index contributed by atoms with van der Waals surface area (Å²) in [6.45, 7) is 2.47. The lowest BCUT2D eigenvalue weighted by molar-refractivity contribution is -0.142. The van der Waals surface area contributed by atoms with Crippen molar-refractivity contribution in [2.24, 2.45) is 17.4 Å². The molecule has 1 rings (SSSR count). The number of carboxylic acid groups (broad SMARTS) is 1. The van der Waals surface area contributed by atoms with Crippen molar-refractivity contribution in [1.29, 1.82) is 0 Å². The number of imidazole rings is 1. The van der Waals surface area contributed by atoms with Gasteiger partial charge in [-0.05, 0) is 12.3 Å². The molecule has 14 heteroatoms. The minimum absolute atomic E-state index is 0.0507. The summed E-state index contributed by atoms with van der Waals surface area (Å²) in [6.07, 6.45) is 2.55. The van der Waals surface area contributed by atoms with Crippen LogP contribution >= 0.6 is 0 Å². The molecule has 10 N–H and O–H groups in total. The lowest BCUT2D eigenvalue weighted by Gasteiger charge is -2.26. The van der Waals surface area contributed by atoms with Gasteiger partial charge in [0.05, 0.1) is 19.0 Å². The molecule has 0 radical (unpaired) electrons. The molecule has 33 heavy (non-hydrogen) atoms. The van der Waals surface area contributed by atoms with Crippen LogP contribution in [0.5, 0.6) is 0 Å². The second kappa shape index (κ2) is 13.1. The zero-order valence-corrected chi connectivity index (χ0v) is 18.4. The topological polar surface area (TPSA) is 243 Å². The van der Waals surface area contributed by atoms with Gasteiger partial charge in [0.25, 0.3) is 0 Å². The van der Waals surface area contributed by atoms with E-state index in [2.05, 4.69) is 25.9 Å². The van der Waals surface area contributed by atoms with Crippen molar-refractivity contribution in [3.63, 3.8) is 0 Å². The minimum Gasteiger partial charge on any atom is -0.480 e. The molecule has 0 saturated carbocycles. The summed E-state index contributed by atoms with van der Waals surface area (Å²) >= 11 is 0. The summed E-state index contributed by atoms with van der Waals surface area (Å²) in [5.74, 6) is -4.80. The van der Waals surface area contributed by atoms with Gasteiger partial charge in [0.2, 0.25) is 23.6 Å². The number of H-pyrrole nitrogens is 1. The predicted octanol–water partition coefficient (Wildman–Crippen LogP) is -3.27. The van der Waals surface area contributed by atoms with Gasteiger partial charge in [-0.25, -0.2) is 9.78 Å². The van der Waals surface area contributed by atoms with Gasteiger partial charge < -0.3 is 42.6 Å². The number of carbonyl (C=O) groups is 5. The third-order valence-corrected chi connectivity index (χ3v) is 4.69. The molecule has 0 aliphatic rings. The molecule has 0 aromatic carbocycles. The second-order valence-electron chi connectivity index (χ2n) is 7.77. The van der Waals surface area contributed by atoms with Crippen molar-refractivity contribution in [3.05, 3.63) is 18.2 Å². The van der Waals surface area contributed by atoms with Crippen LogP contribution in [-0.4, -0.2) is 80.6 Å². The molecule has 0 spiro atoms. The van der Waals surface area contributed by atoms with Crippen LogP contribution < -0.4 is 27.4 Å². The van der Waals surface area contributed by atoms with Gasteiger partial charge in [-0.15, -0.1) is 0 Å². The van der Waals surface area contributed by atoms with E-state index < -0.39 is 66.3 Å². The molecule has 1 aromatic rings. The Labute approximate surface area is 189 Å². The maximum absolute atomic E-state index is 12.7. The number of hydrogen-bond acceptors (Lipinski definition) is 8. The number of amides is 4. The fourth-order valence-electron chi connectivity index (χ4n) is 2.77. The Balaban J connectivity index is 2.79. The van der Waals surface area contributed by atoms with E-state index in [-0.39, 0.29) is 19.3 Å². The van der Waals surface area contributed by atoms with Crippen LogP contribution in [0.4, 0.5) is 0 Å². The van der Waals surface area contributed by atoms with E-state index in [9.17, 15) is 34.2 Å². The van der Waals surface area contributed by atoms with Crippen molar-refractivity contribution in [1.82, 2.24) is 25.9 Å². The van der Waals surface area contributed by atoms with Crippen molar-refractivity contribution in [3.8, 4) is 0 Å². The average Bonchev–Trinajstić information content (AvgIpc) is 3.25. The summed E-state index contributed by atoms with van der Waals surface area (Å²) < 4.78 is 0. The number of carbonyl (C=O) groups excluding carboxylic acids is 4. The van der Waals surface area contributed by atoms with Crippen LogP contribution in [0, 0.1) is 5.92 Å². The highest BCUT2D eigenvalue weighted by Crippen LogP contribution is 2.06. The predicted molar refractivity (Wildman–Crippen MR) is 114 cm³/mol. The van der Waals surface area contributed by atoms with Crippen LogP contribution in [0.15, 0.2) is 12.5 Å². The van der Waals surface area contributed by atoms with E-state index in [1.165, 1.54) is 12.5 Å². The van der Waals surface area contributed by atoms with E-state index in [0.717, 1.165) is 0 Å². The quantitative estimate of drug-likeness (QED) is 0.136.